The average molecular weight is 399 g/mol. The van der Waals surface area contributed by atoms with Crippen LogP contribution >= 0.6 is 0 Å². The number of carbonyl (C=O) groups excluding carboxylic acids is 1. The summed E-state index contributed by atoms with van der Waals surface area (Å²) in [5.74, 6) is 0.745. The van der Waals surface area contributed by atoms with Crippen LogP contribution in [0.5, 0.6) is 5.75 Å². The number of benzene rings is 2. The summed E-state index contributed by atoms with van der Waals surface area (Å²) in [7, 11) is 1.67. The number of piperidine rings is 1. The number of amides is 1. The van der Waals surface area contributed by atoms with E-state index in [0.717, 1.165) is 61.3 Å². The molecule has 156 valence electrons. The zero-order chi connectivity index (χ0) is 20.8. The number of rotatable bonds is 7. The Kier molecular flexibility index (Phi) is 7.26. The second-order valence-corrected chi connectivity index (χ2v) is 7.90. The monoisotopic (exact) mass is 398 g/mol. The van der Waals surface area contributed by atoms with Gasteiger partial charge in [0, 0.05) is 13.1 Å². The Hall–Kier alpha value is -2.40. The van der Waals surface area contributed by atoms with E-state index in [4.69, 9.17) is 4.74 Å². The summed E-state index contributed by atoms with van der Waals surface area (Å²) < 4.78 is 18.5. The summed E-state index contributed by atoms with van der Waals surface area (Å²) in [4.78, 5) is 15.3. The molecule has 2 atom stereocenters. The minimum absolute atomic E-state index is 0.000388. The van der Waals surface area contributed by atoms with Gasteiger partial charge in [-0.3, -0.25) is 9.69 Å². The highest BCUT2D eigenvalue weighted by molar-refractivity contribution is 5.79. The van der Waals surface area contributed by atoms with Gasteiger partial charge in [-0.15, -0.1) is 0 Å². The predicted molar refractivity (Wildman–Crippen MR) is 113 cm³/mol. The van der Waals surface area contributed by atoms with Gasteiger partial charge in [-0.25, -0.2) is 4.39 Å². The first kappa shape index (κ1) is 21.3. The second-order valence-electron chi connectivity index (χ2n) is 7.90. The molecule has 4 nitrogen and oxygen atoms in total. The number of hydrogen-bond donors (Lipinski definition) is 1. The quantitative estimate of drug-likeness (QED) is 0.740. The van der Waals surface area contributed by atoms with Crippen molar-refractivity contribution >= 4 is 5.91 Å². The van der Waals surface area contributed by atoms with Crippen molar-refractivity contribution in [1.82, 2.24) is 10.2 Å². The molecule has 0 saturated carbocycles. The number of likely N-dealkylation sites (tertiary alicyclic amines) is 1. The molecule has 0 unspecified atom stereocenters. The predicted octanol–water partition coefficient (Wildman–Crippen LogP) is 4.62. The SMILES string of the molecule is CC[C@H](NC(=O)[C@@H]1CCCN(Cc2ccc(F)cc2)C1)c1ccc(OC)c(C)c1. The van der Waals surface area contributed by atoms with Gasteiger partial charge >= 0.3 is 0 Å². The zero-order valence-electron chi connectivity index (χ0n) is 17.6. The van der Waals surface area contributed by atoms with Gasteiger partial charge in [0.25, 0.3) is 0 Å². The van der Waals surface area contributed by atoms with Crippen LogP contribution in [0.25, 0.3) is 0 Å². The third-order valence-corrected chi connectivity index (χ3v) is 5.74. The molecule has 1 aliphatic heterocycles. The van der Waals surface area contributed by atoms with Crippen LogP contribution in [0.3, 0.4) is 0 Å². The van der Waals surface area contributed by atoms with Crippen molar-refractivity contribution in [3.63, 3.8) is 0 Å². The van der Waals surface area contributed by atoms with Crippen LogP contribution in [0.4, 0.5) is 4.39 Å². The molecule has 0 spiro atoms. The minimum Gasteiger partial charge on any atom is -0.496 e. The van der Waals surface area contributed by atoms with Crippen LogP contribution < -0.4 is 10.1 Å². The summed E-state index contributed by atoms with van der Waals surface area (Å²) in [6, 6.07) is 12.7. The number of nitrogens with zero attached hydrogens (tertiary/aromatic N) is 1. The van der Waals surface area contributed by atoms with E-state index in [-0.39, 0.29) is 23.7 Å². The number of hydrogen-bond acceptors (Lipinski definition) is 3. The maximum Gasteiger partial charge on any atom is 0.224 e. The molecule has 29 heavy (non-hydrogen) atoms. The molecule has 3 rings (SSSR count). The molecule has 1 fully saturated rings. The van der Waals surface area contributed by atoms with E-state index in [9.17, 15) is 9.18 Å². The van der Waals surface area contributed by atoms with Crippen molar-refractivity contribution in [3.05, 3.63) is 65.0 Å². The van der Waals surface area contributed by atoms with E-state index >= 15 is 0 Å². The van der Waals surface area contributed by atoms with Crippen LogP contribution in [-0.2, 0) is 11.3 Å². The van der Waals surface area contributed by atoms with Crippen molar-refractivity contribution in [2.45, 2.75) is 45.7 Å². The van der Waals surface area contributed by atoms with Gasteiger partial charge < -0.3 is 10.1 Å². The van der Waals surface area contributed by atoms with Crippen LogP contribution in [0.15, 0.2) is 42.5 Å². The number of aryl methyl sites for hydroxylation is 1. The number of ether oxygens (including phenoxy) is 1. The first-order valence-corrected chi connectivity index (χ1v) is 10.4. The van der Waals surface area contributed by atoms with Crippen LogP contribution in [0.2, 0.25) is 0 Å². The van der Waals surface area contributed by atoms with E-state index < -0.39 is 0 Å². The van der Waals surface area contributed by atoms with E-state index in [1.54, 1.807) is 7.11 Å². The highest BCUT2D eigenvalue weighted by atomic mass is 19.1. The highest BCUT2D eigenvalue weighted by Crippen LogP contribution is 2.26. The number of halogens is 1. The maximum atomic E-state index is 13.1. The van der Waals surface area contributed by atoms with Gasteiger partial charge in [-0.05, 0) is 67.6 Å². The number of carbonyl (C=O) groups is 1. The Balaban J connectivity index is 1.61. The summed E-state index contributed by atoms with van der Waals surface area (Å²) in [6.07, 6.45) is 2.74. The molecule has 0 radical (unpaired) electrons. The molecule has 5 heteroatoms. The molecule has 2 aromatic rings. The summed E-state index contributed by atoms with van der Waals surface area (Å²) in [6.45, 7) is 6.56. The van der Waals surface area contributed by atoms with Gasteiger partial charge in [-0.1, -0.05) is 31.2 Å². The molecule has 1 saturated heterocycles. The largest absolute Gasteiger partial charge is 0.496 e. The van der Waals surface area contributed by atoms with Gasteiger partial charge in [-0.2, -0.15) is 0 Å². The van der Waals surface area contributed by atoms with Gasteiger partial charge in [0.1, 0.15) is 11.6 Å². The normalized spacial score (nSPS) is 18.3. The number of nitrogens with one attached hydrogen (secondary N) is 1. The Labute approximate surface area is 173 Å². The Morgan fingerprint density at radius 3 is 2.69 bits per heavy atom. The molecule has 0 aromatic heterocycles. The third kappa shape index (κ3) is 5.57. The Morgan fingerprint density at radius 2 is 2.03 bits per heavy atom. The number of methoxy groups -OCH3 is 1. The van der Waals surface area contributed by atoms with Crippen molar-refractivity contribution in [3.8, 4) is 5.75 Å². The fraction of sp³-hybridized carbons (Fsp3) is 0.458. The highest BCUT2D eigenvalue weighted by Gasteiger charge is 2.27. The lowest BCUT2D eigenvalue weighted by molar-refractivity contribution is -0.127. The van der Waals surface area contributed by atoms with Crippen LogP contribution in [0.1, 0.15) is 48.9 Å². The van der Waals surface area contributed by atoms with E-state index in [0.29, 0.717) is 0 Å². The van der Waals surface area contributed by atoms with Crippen molar-refractivity contribution in [2.75, 3.05) is 20.2 Å². The summed E-state index contributed by atoms with van der Waals surface area (Å²) in [5.41, 5.74) is 3.26. The first-order valence-electron chi connectivity index (χ1n) is 10.4. The lowest BCUT2D eigenvalue weighted by atomic mass is 9.95. The maximum absolute atomic E-state index is 13.1. The van der Waals surface area contributed by atoms with E-state index in [1.165, 1.54) is 12.1 Å². The molecule has 1 heterocycles. The van der Waals surface area contributed by atoms with Gasteiger partial charge in [0.2, 0.25) is 5.91 Å². The lowest BCUT2D eigenvalue weighted by Gasteiger charge is -2.33. The van der Waals surface area contributed by atoms with E-state index in [2.05, 4.69) is 23.2 Å². The topological polar surface area (TPSA) is 41.6 Å². The molecule has 0 aliphatic carbocycles. The standard InChI is InChI=1S/C24H31FN2O2/c1-4-22(19-9-12-23(29-3)17(2)14-19)26-24(28)20-6-5-13-27(16-20)15-18-7-10-21(25)11-8-18/h7-12,14,20,22H,4-6,13,15-16H2,1-3H3,(H,26,28)/t20-,22+/m1/s1. The van der Waals surface area contributed by atoms with Crippen molar-refractivity contribution < 1.29 is 13.9 Å². The Morgan fingerprint density at radius 1 is 1.28 bits per heavy atom. The summed E-state index contributed by atoms with van der Waals surface area (Å²) >= 11 is 0. The smallest absolute Gasteiger partial charge is 0.224 e. The lowest BCUT2D eigenvalue weighted by Crippen LogP contribution is -2.43. The molecule has 1 aliphatic rings. The fourth-order valence-corrected chi connectivity index (χ4v) is 4.09. The second kappa shape index (κ2) is 9.88. The van der Waals surface area contributed by atoms with Crippen LogP contribution in [-0.4, -0.2) is 31.0 Å². The minimum atomic E-state index is -0.218. The van der Waals surface area contributed by atoms with Crippen LogP contribution in [0, 0.1) is 18.7 Å². The molecular formula is C24H31FN2O2. The molecular weight excluding hydrogens is 367 g/mol. The average Bonchev–Trinajstić information content (AvgIpc) is 2.73. The first-order chi connectivity index (χ1) is 14.0. The summed E-state index contributed by atoms with van der Waals surface area (Å²) in [5, 5.41) is 3.25. The van der Waals surface area contributed by atoms with Crippen molar-refractivity contribution in [2.24, 2.45) is 5.92 Å². The molecule has 0 bridgehead atoms. The molecule has 1 amide bonds. The van der Waals surface area contributed by atoms with Gasteiger partial charge in [0.05, 0.1) is 19.1 Å². The molecule has 2 aromatic carbocycles. The Bertz CT molecular complexity index is 822. The third-order valence-electron chi connectivity index (χ3n) is 5.74. The fourth-order valence-electron chi connectivity index (χ4n) is 4.09. The molecule has 1 N–H and O–H groups in total. The van der Waals surface area contributed by atoms with Crippen molar-refractivity contribution in [1.29, 1.82) is 0 Å². The van der Waals surface area contributed by atoms with E-state index in [1.807, 2.05) is 31.2 Å². The van der Waals surface area contributed by atoms with Gasteiger partial charge in [0.15, 0.2) is 0 Å². The zero-order valence-corrected chi connectivity index (χ0v) is 17.6.